The first kappa shape index (κ1) is 10.5. The van der Waals surface area contributed by atoms with Crippen LogP contribution < -0.4 is 4.74 Å². The van der Waals surface area contributed by atoms with E-state index in [0.717, 1.165) is 0 Å². The monoisotopic (exact) mass is 192 g/mol. The van der Waals surface area contributed by atoms with Crippen LogP contribution >= 0.6 is 0 Å². The number of carbonyl (C=O) groups is 1. The maximum absolute atomic E-state index is 10.4. The Labute approximate surface area is 82.6 Å². The number of ether oxygens (including phenoxy) is 1. The summed E-state index contributed by atoms with van der Waals surface area (Å²) in [5.74, 6) is 0.639. The quantitative estimate of drug-likeness (QED) is 0.580. The minimum absolute atomic E-state index is 0.137. The first-order valence-corrected chi connectivity index (χ1v) is 4.15. The second kappa shape index (κ2) is 4.58. The van der Waals surface area contributed by atoms with Gasteiger partial charge in [-0.3, -0.25) is 4.79 Å². The average molecular weight is 192 g/mol. The Morgan fingerprint density at radius 3 is 2.93 bits per heavy atom. The highest BCUT2D eigenvalue weighted by atomic mass is 16.5. The number of aliphatic hydroxyl groups excluding tert-OH is 1. The molecule has 0 bridgehead atoms. The summed E-state index contributed by atoms with van der Waals surface area (Å²) in [5, 5.41) is 9.62. The van der Waals surface area contributed by atoms with Crippen LogP contribution in [-0.2, 0) is 4.79 Å². The molecular weight excluding hydrogens is 180 g/mol. The molecule has 0 saturated carbocycles. The van der Waals surface area contributed by atoms with E-state index < -0.39 is 6.10 Å². The van der Waals surface area contributed by atoms with Gasteiger partial charge in [0.15, 0.2) is 0 Å². The van der Waals surface area contributed by atoms with E-state index in [-0.39, 0.29) is 5.57 Å². The highest BCUT2D eigenvalue weighted by Crippen LogP contribution is 2.22. The summed E-state index contributed by atoms with van der Waals surface area (Å²) < 4.78 is 4.99. The van der Waals surface area contributed by atoms with Gasteiger partial charge in [0.25, 0.3) is 0 Å². The van der Waals surface area contributed by atoms with Crippen molar-refractivity contribution in [2.75, 3.05) is 7.11 Å². The lowest BCUT2D eigenvalue weighted by molar-refractivity contribution is -0.105. The van der Waals surface area contributed by atoms with Gasteiger partial charge in [-0.05, 0) is 17.7 Å². The van der Waals surface area contributed by atoms with Crippen LogP contribution in [0.4, 0.5) is 0 Å². The molecule has 3 nitrogen and oxygen atoms in total. The fourth-order valence-corrected chi connectivity index (χ4v) is 1.09. The SMILES string of the molecule is C=C(C=O)C(O)c1cccc(OC)c1. The molecule has 1 unspecified atom stereocenters. The molecule has 0 spiro atoms. The minimum atomic E-state index is -0.956. The van der Waals surface area contributed by atoms with E-state index >= 15 is 0 Å². The zero-order valence-electron chi connectivity index (χ0n) is 7.93. The molecule has 0 radical (unpaired) electrons. The predicted molar refractivity (Wildman–Crippen MR) is 53.2 cm³/mol. The van der Waals surface area contributed by atoms with Crippen LogP contribution in [0.1, 0.15) is 11.7 Å². The third kappa shape index (κ3) is 2.20. The molecule has 0 aliphatic rings. The number of benzene rings is 1. The second-order valence-electron chi connectivity index (χ2n) is 2.87. The summed E-state index contributed by atoms with van der Waals surface area (Å²) in [6, 6.07) is 6.89. The van der Waals surface area contributed by atoms with Crippen molar-refractivity contribution >= 4 is 6.29 Å². The third-order valence-corrected chi connectivity index (χ3v) is 1.91. The molecule has 0 aliphatic carbocycles. The van der Waals surface area contributed by atoms with Gasteiger partial charge in [0, 0.05) is 5.57 Å². The first-order chi connectivity index (χ1) is 6.69. The third-order valence-electron chi connectivity index (χ3n) is 1.91. The van der Waals surface area contributed by atoms with Crippen LogP contribution in [0.15, 0.2) is 36.4 Å². The molecule has 1 N–H and O–H groups in total. The van der Waals surface area contributed by atoms with E-state index in [1.807, 2.05) is 0 Å². The van der Waals surface area contributed by atoms with Crippen LogP contribution in [0.3, 0.4) is 0 Å². The van der Waals surface area contributed by atoms with E-state index in [2.05, 4.69) is 6.58 Å². The summed E-state index contributed by atoms with van der Waals surface area (Å²) in [6.07, 6.45) is -0.410. The van der Waals surface area contributed by atoms with Gasteiger partial charge in [-0.1, -0.05) is 18.7 Å². The number of aliphatic hydroxyl groups is 1. The summed E-state index contributed by atoms with van der Waals surface area (Å²) in [6.45, 7) is 3.45. The molecule has 0 heterocycles. The largest absolute Gasteiger partial charge is 0.497 e. The normalized spacial score (nSPS) is 11.9. The van der Waals surface area contributed by atoms with Crippen molar-refractivity contribution in [2.45, 2.75) is 6.10 Å². The van der Waals surface area contributed by atoms with Gasteiger partial charge in [-0.15, -0.1) is 0 Å². The maximum Gasteiger partial charge on any atom is 0.148 e. The second-order valence-corrected chi connectivity index (χ2v) is 2.87. The number of aldehydes is 1. The molecule has 1 aromatic rings. The van der Waals surface area contributed by atoms with Crippen molar-refractivity contribution in [1.29, 1.82) is 0 Å². The Bertz CT molecular complexity index is 344. The zero-order chi connectivity index (χ0) is 10.6. The minimum Gasteiger partial charge on any atom is -0.497 e. The maximum atomic E-state index is 10.4. The Morgan fingerprint density at radius 1 is 1.64 bits per heavy atom. The van der Waals surface area contributed by atoms with Gasteiger partial charge in [0.05, 0.1) is 7.11 Å². The van der Waals surface area contributed by atoms with E-state index in [9.17, 15) is 9.90 Å². The molecular formula is C11H12O3. The highest BCUT2D eigenvalue weighted by Gasteiger charge is 2.10. The molecule has 0 aliphatic heterocycles. The smallest absolute Gasteiger partial charge is 0.148 e. The van der Waals surface area contributed by atoms with E-state index in [1.165, 1.54) is 0 Å². The Kier molecular flexibility index (Phi) is 3.42. The van der Waals surface area contributed by atoms with Gasteiger partial charge in [-0.25, -0.2) is 0 Å². The van der Waals surface area contributed by atoms with Crippen molar-refractivity contribution in [1.82, 2.24) is 0 Å². The van der Waals surface area contributed by atoms with Gasteiger partial charge in [-0.2, -0.15) is 0 Å². The van der Waals surface area contributed by atoms with Crippen molar-refractivity contribution < 1.29 is 14.6 Å². The lowest BCUT2D eigenvalue weighted by atomic mass is 10.0. The van der Waals surface area contributed by atoms with Crippen LogP contribution in [-0.4, -0.2) is 18.5 Å². The van der Waals surface area contributed by atoms with Crippen molar-refractivity contribution in [3.05, 3.63) is 42.0 Å². The molecule has 0 saturated heterocycles. The number of hydrogen-bond donors (Lipinski definition) is 1. The van der Waals surface area contributed by atoms with Gasteiger partial charge in [0.1, 0.15) is 18.1 Å². The summed E-state index contributed by atoms with van der Waals surface area (Å²) in [5.41, 5.74) is 0.736. The van der Waals surface area contributed by atoms with Crippen LogP contribution in [0, 0.1) is 0 Å². The summed E-state index contributed by atoms with van der Waals surface area (Å²) in [4.78, 5) is 10.4. The van der Waals surface area contributed by atoms with E-state index in [0.29, 0.717) is 17.6 Å². The first-order valence-electron chi connectivity index (χ1n) is 4.15. The van der Waals surface area contributed by atoms with E-state index in [1.54, 1.807) is 31.4 Å². The highest BCUT2D eigenvalue weighted by molar-refractivity contribution is 5.74. The van der Waals surface area contributed by atoms with Crippen LogP contribution in [0.25, 0.3) is 0 Å². The van der Waals surface area contributed by atoms with E-state index in [4.69, 9.17) is 4.74 Å². The van der Waals surface area contributed by atoms with Crippen molar-refractivity contribution in [2.24, 2.45) is 0 Å². The fraction of sp³-hybridized carbons (Fsp3) is 0.182. The molecule has 0 aromatic heterocycles. The lowest BCUT2D eigenvalue weighted by Gasteiger charge is -2.10. The molecule has 3 heteroatoms. The predicted octanol–water partition coefficient (Wildman–Crippen LogP) is 1.48. The summed E-state index contributed by atoms with van der Waals surface area (Å²) >= 11 is 0. The Hall–Kier alpha value is -1.61. The zero-order valence-corrected chi connectivity index (χ0v) is 7.93. The lowest BCUT2D eigenvalue weighted by Crippen LogP contribution is -2.01. The number of methoxy groups -OCH3 is 1. The van der Waals surface area contributed by atoms with Crippen molar-refractivity contribution in [3.63, 3.8) is 0 Å². The fourth-order valence-electron chi connectivity index (χ4n) is 1.09. The van der Waals surface area contributed by atoms with Gasteiger partial charge in [0.2, 0.25) is 0 Å². The van der Waals surface area contributed by atoms with Gasteiger partial charge >= 0.3 is 0 Å². The van der Waals surface area contributed by atoms with Gasteiger partial charge < -0.3 is 9.84 Å². The van der Waals surface area contributed by atoms with Crippen LogP contribution in [0.2, 0.25) is 0 Å². The number of rotatable bonds is 4. The molecule has 1 aromatic carbocycles. The Balaban J connectivity index is 2.94. The molecule has 0 fully saturated rings. The van der Waals surface area contributed by atoms with Crippen LogP contribution in [0.5, 0.6) is 5.75 Å². The molecule has 1 rings (SSSR count). The molecule has 14 heavy (non-hydrogen) atoms. The molecule has 1 atom stereocenters. The molecule has 0 amide bonds. The average Bonchev–Trinajstić information content (AvgIpc) is 2.27. The number of carbonyl (C=O) groups excluding carboxylic acids is 1. The Morgan fingerprint density at radius 2 is 2.36 bits per heavy atom. The topological polar surface area (TPSA) is 46.5 Å². The standard InChI is InChI=1S/C11H12O3/c1-8(7-12)11(13)9-4-3-5-10(6-9)14-2/h3-7,11,13H,1H2,2H3. The summed E-state index contributed by atoms with van der Waals surface area (Å²) in [7, 11) is 1.54. The molecule has 74 valence electrons. The number of hydrogen-bond acceptors (Lipinski definition) is 3. The van der Waals surface area contributed by atoms with Crippen molar-refractivity contribution in [3.8, 4) is 5.75 Å².